The van der Waals surface area contributed by atoms with Crippen molar-refractivity contribution in [1.82, 2.24) is 15.5 Å². The number of hydrogen-bond acceptors (Lipinski definition) is 3. The Bertz CT molecular complexity index is 249. The van der Waals surface area contributed by atoms with E-state index in [9.17, 15) is 0 Å². The second kappa shape index (κ2) is 8.32. The molecule has 1 aliphatic rings. The summed E-state index contributed by atoms with van der Waals surface area (Å²) in [5.74, 6) is 1.51. The van der Waals surface area contributed by atoms with Crippen LogP contribution in [0.25, 0.3) is 0 Å². The second-order valence-corrected chi connectivity index (χ2v) is 4.94. The molecule has 0 aliphatic carbocycles. The Kier molecular flexibility index (Phi) is 7.05. The van der Waals surface area contributed by atoms with Gasteiger partial charge in [0.15, 0.2) is 5.96 Å². The summed E-state index contributed by atoms with van der Waals surface area (Å²) in [4.78, 5) is 6.72. The molecule has 0 spiro atoms. The fraction of sp³-hybridized carbons (Fsp3) is 0.923. The molecule has 0 amide bonds. The molecule has 0 saturated carbocycles. The van der Waals surface area contributed by atoms with Gasteiger partial charge in [0.25, 0.3) is 0 Å². The van der Waals surface area contributed by atoms with Crippen molar-refractivity contribution in [3.8, 4) is 0 Å². The molecule has 1 fully saturated rings. The highest BCUT2D eigenvalue weighted by Gasteiger charge is 2.23. The van der Waals surface area contributed by atoms with Gasteiger partial charge >= 0.3 is 0 Å². The van der Waals surface area contributed by atoms with Crippen LogP contribution in [-0.2, 0) is 4.74 Å². The topological polar surface area (TPSA) is 48.9 Å². The van der Waals surface area contributed by atoms with Crippen LogP contribution in [0.3, 0.4) is 0 Å². The Morgan fingerprint density at radius 2 is 1.94 bits per heavy atom. The molecule has 0 aromatic carbocycles. The van der Waals surface area contributed by atoms with E-state index in [-0.39, 0.29) is 0 Å². The molecule has 1 atom stereocenters. The van der Waals surface area contributed by atoms with Gasteiger partial charge in [-0.2, -0.15) is 0 Å². The molecule has 0 radical (unpaired) electrons. The second-order valence-electron chi connectivity index (χ2n) is 4.94. The van der Waals surface area contributed by atoms with Crippen molar-refractivity contribution < 1.29 is 4.74 Å². The third-order valence-electron chi connectivity index (χ3n) is 3.33. The van der Waals surface area contributed by atoms with Crippen molar-refractivity contribution in [2.75, 3.05) is 46.4 Å². The molecular weight excluding hydrogens is 228 g/mol. The first-order valence-corrected chi connectivity index (χ1v) is 6.95. The lowest BCUT2D eigenvalue weighted by Crippen LogP contribution is -2.52. The molecule has 5 nitrogen and oxygen atoms in total. The summed E-state index contributed by atoms with van der Waals surface area (Å²) in [7, 11) is 1.81. The van der Waals surface area contributed by atoms with Crippen LogP contribution in [0.4, 0.5) is 0 Å². The van der Waals surface area contributed by atoms with E-state index < -0.39 is 0 Å². The van der Waals surface area contributed by atoms with Gasteiger partial charge in [0.05, 0.1) is 13.2 Å². The van der Waals surface area contributed by atoms with Crippen molar-refractivity contribution in [2.24, 2.45) is 10.9 Å². The van der Waals surface area contributed by atoms with Gasteiger partial charge in [0.2, 0.25) is 0 Å². The molecule has 1 rings (SSSR count). The minimum Gasteiger partial charge on any atom is -0.379 e. The lowest BCUT2D eigenvalue weighted by molar-refractivity contribution is 0.00752. The highest BCUT2D eigenvalue weighted by molar-refractivity contribution is 5.79. The van der Waals surface area contributed by atoms with Crippen LogP contribution in [-0.4, -0.2) is 63.3 Å². The number of hydrogen-bond donors (Lipinski definition) is 2. The fourth-order valence-corrected chi connectivity index (χ4v) is 2.28. The zero-order chi connectivity index (χ0) is 13.4. The van der Waals surface area contributed by atoms with E-state index in [1.54, 1.807) is 0 Å². The maximum atomic E-state index is 5.42. The predicted octanol–water partition coefficient (Wildman–Crippen LogP) is 0.528. The number of morpholine rings is 1. The maximum absolute atomic E-state index is 5.42. The number of rotatable bonds is 5. The van der Waals surface area contributed by atoms with Gasteiger partial charge < -0.3 is 15.4 Å². The molecule has 0 aromatic heterocycles. The molecule has 5 heteroatoms. The van der Waals surface area contributed by atoms with E-state index in [0.29, 0.717) is 12.0 Å². The summed E-state index contributed by atoms with van der Waals surface area (Å²) in [6, 6.07) is 0.532. The highest BCUT2D eigenvalue weighted by atomic mass is 16.5. The maximum Gasteiger partial charge on any atom is 0.191 e. The van der Waals surface area contributed by atoms with Crippen LogP contribution in [0.2, 0.25) is 0 Å². The normalized spacial score (nSPS) is 19.9. The van der Waals surface area contributed by atoms with Gasteiger partial charge in [-0.15, -0.1) is 0 Å². The number of guanidine groups is 1. The van der Waals surface area contributed by atoms with Crippen LogP contribution in [0.1, 0.15) is 20.8 Å². The van der Waals surface area contributed by atoms with Crippen molar-refractivity contribution in [1.29, 1.82) is 0 Å². The van der Waals surface area contributed by atoms with Crippen molar-refractivity contribution >= 4 is 5.96 Å². The average Bonchev–Trinajstić information content (AvgIpc) is 2.38. The minimum absolute atomic E-state index is 0.532. The van der Waals surface area contributed by atoms with Crippen LogP contribution in [0.5, 0.6) is 0 Å². The zero-order valence-electron chi connectivity index (χ0n) is 12.2. The smallest absolute Gasteiger partial charge is 0.191 e. The third kappa shape index (κ3) is 4.82. The molecule has 0 bridgehead atoms. The summed E-state index contributed by atoms with van der Waals surface area (Å²) in [5, 5.41) is 6.63. The van der Waals surface area contributed by atoms with Gasteiger partial charge in [0, 0.05) is 39.3 Å². The van der Waals surface area contributed by atoms with Crippen molar-refractivity contribution in [3.05, 3.63) is 0 Å². The molecule has 1 heterocycles. The Morgan fingerprint density at radius 3 is 2.44 bits per heavy atom. The average molecular weight is 256 g/mol. The first-order valence-electron chi connectivity index (χ1n) is 6.95. The monoisotopic (exact) mass is 256 g/mol. The lowest BCUT2D eigenvalue weighted by atomic mass is 10.0. The molecule has 106 valence electrons. The molecule has 18 heavy (non-hydrogen) atoms. The molecule has 1 unspecified atom stereocenters. The van der Waals surface area contributed by atoms with Gasteiger partial charge in [-0.05, 0) is 12.8 Å². The van der Waals surface area contributed by atoms with Crippen LogP contribution in [0.15, 0.2) is 4.99 Å². The molecule has 0 aromatic rings. The fourth-order valence-electron chi connectivity index (χ4n) is 2.28. The van der Waals surface area contributed by atoms with Crippen LogP contribution < -0.4 is 10.6 Å². The molecule has 1 aliphatic heterocycles. The predicted molar refractivity (Wildman–Crippen MR) is 76.1 cm³/mol. The largest absolute Gasteiger partial charge is 0.379 e. The summed E-state index contributed by atoms with van der Waals surface area (Å²) in [6.45, 7) is 12.2. The first-order chi connectivity index (χ1) is 8.69. The first kappa shape index (κ1) is 15.2. The quantitative estimate of drug-likeness (QED) is 0.556. The molecule has 2 N–H and O–H groups in total. The van der Waals surface area contributed by atoms with E-state index >= 15 is 0 Å². The van der Waals surface area contributed by atoms with E-state index in [4.69, 9.17) is 4.74 Å². The Morgan fingerprint density at radius 1 is 1.28 bits per heavy atom. The highest BCUT2D eigenvalue weighted by Crippen LogP contribution is 2.12. The van der Waals surface area contributed by atoms with E-state index in [1.807, 2.05) is 7.05 Å². The summed E-state index contributed by atoms with van der Waals surface area (Å²) in [5.41, 5.74) is 0. The van der Waals surface area contributed by atoms with Crippen LogP contribution in [0, 0.1) is 5.92 Å². The number of nitrogens with one attached hydrogen (secondary N) is 2. The van der Waals surface area contributed by atoms with Gasteiger partial charge in [-0.25, -0.2) is 0 Å². The standard InChI is InChI=1S/C13H28N4O/c1-5-15-13(14-4)16-10-12(11(2)3)17-6-8-18-9-7-17/h11-12H,5-10H2,1-4H3,(H2,14,15,16). The Labute approximate surface area is 111 Å². The van der Waals surface area contributed by atoms with Crippen molar-refractivity contribution in [3.63, 3.8) is 0 Å². The SMILES string of the molecule is CCNC(=NC)NCC(C(C)C)N1CCOCC1. The molecule has 1 saturated heterocycles. The zero-order valence-corrected chi connectivity index (χ0v) is 12.2. The summed E-state index contributed by atoms with van der Waals surface area (Å²) in [6.07, 6.45) is 0. The van der Waals surface area contributed by atoms with Crippen molar-refractivity contribution in [2.45, 2.75) is 26.8 Å². The summed E-state index contributed by atoms with van der Waals surface area (Å²) < 4.78 is 5.42. The third-order valence-corrected chi connectivity index (χ3v) is 3.33. The number of ether oxygens (including phenoxy) is 1. The number of nitrogens with zero attached hydrogens (tertiary/aromatic N) is 2. The molecular formula is C13H28N4O. The van der Waals surface area contributed by atoms with Gasteiger partial charge in [-0.3, -0.25) is 9.89 Å². The van der Waals surface area contributed by atoms with Gasteiger partial charge in [0.1, 0.15) is 0 Å². The van der Waals surface area contributed by atoms with E-state index in [2.05, 4.69) is 41.3 Å². The Balaban J connectivity index is 2.46. The number of aliphatic imine (C=N–C) groups is 1. The van der Waals surface area contributed by atoms with Gasteiger partial charge in [-0.1, -0.05) is 13.8 Å². The Hall–Kier alpha value is -0.810. The minimum atomic E-state index is 0.532. The van der Waals surface area contributed by atoms with Crippen LogP contribution >= 0.6 is 0 Å². The van der Waals surface area contributed by atoms with E-state index in [1.165, 1.54) is 0 Å². The lowest BCUT2D eigenvalue weighted by Gasteiger charge is -2.37. The summed E-state index contributed by atoms with van der Waals surface area (Å²) >= 11 is 0. The van der Waals surface area contributed by atoms with E-state index in [0.717, 1.165) is 45.4 Å².